The Kier molecular flexibility index (Phi) is 4.34. The Morgan fingerprint density at radius 1 is 1.20 bits per heavy atom. The van der Waals surface area contributed by atoms with E-state index >= 15 is 0 Å². The van der Waals surface area contributed by atoms with Crippen molar-refractivity contribution >= 4 is 11.7 Å². The quantitative estimate of drug-likeness (QED) is 0.725. The summed E-state index contributed by atoms with van der Waals surface area (Å²) in [5.41, 5.74) is 14.7. The lowest BCUT2D eigenvalue weighted by Gasteiger charge is -2.06. The molecule has 0 aliphatic heterocycles. The van der Waals surface area contributed by atoms with Gasteiger partial charge >= 0.3 is 0 Å². The van der Waals surface area contributed by atoms with E-state index in [4.69, 9.17) is 16.2 Å². The highest BCUT2D eigenvalue weighted by molar-refractivity contribution is 6.03. The second kappa shape index (κ2) is 6.60. The van der Waals surface area contributed by atoms with Gasteiger partial charge in [0.25, 0.3) is 5.91 Å². The van der Waals surface area contributed by atoms with E-state index in [1.54, 1.807) is 24.2 Å². The van der Waals surface area contributed by atoms with E-state index in [2.05, 4.69) is 15.3 Å². The summed E-state index contributed by atoms with van der Waals surface area (Å²) in [4.78, 5) is 11.9. The number of rotatable bonds is 5. The number of nitrogens with two attached hydrogens (primary N) is 2. The molecular formula is C17H18N6O2. The van der Waals surface area contributed by atoms with Crippen molar-refractivity contribution in [2.75, 3.05) is 12.8 Å². The van der Waals surface area contributed by atoms with E-state index in [0.717, 1.165) is 16.9 Å². The van der Waals surface area contributed by atoms with Crippen LogP contribution < -0.4 is 16.2 Å². The number of carbonyl (C=O) groups is 1. The topological polar surface area (TPSA) is 122 Å². The van der Waals surface area contributed by atoms with Crippen LogP contribution in [0.3, 0.4) is 0 Å². The standard InChI is InChI=1S/C17H18N6O2/c1-10-7-20-21-8-13(10)15-14(17(19)24)16(18)23(22-15)9-11-3-5-12(25-2)6-4-11/h3-8H,9,18H2,1-2H3,(H2,19,24). The molecule has 4 N–H and O–H groups in total. The first-order valence-corrected chi connectivity index (χ1v) is 7.58. The molecule has 25 heavy (non-hydrogen) atoms. The van der Waals surface area contributed by atoms with Crippen molar-refractivity contribution in [1.82, 2.24) is 20.0 Å². The van der Waals surface area contributed by atoms with E-state index < -0.39 is 5.91 Å². The molecule has 2 heterocycles. The maximum atomic E-state index is 11.9. The van der Waals surface area contributed by atoms with Gasteiger partial charge < -0.3 is 16.2 Å². The Morgan fingerprint density at radius 2 is 1.88 bits per heavy atom. The lowest BCUT2D eigenvalue weighted by atomic mass is 10.1. The zero-order chi connectivity index (χ0) is 18.0. The third kappa shape index (κ3) is 3.14. The summed E-state index contributed by atoms with van der Waals surface area (Å²) in [5, 5.41) is 12.2. The predicted octanol–water partition coefficient (Wildman–Crippen LogP) is 1.39. The van der Waals surface area contributed by atoms with Gasteiger partial charge in [0.1, 0.15) is 22.8 Å². The first-order chi connectivity index (χ1) is 12.0. The number of nitrogens with zero attached hydrogens (tertiary/aromatic N) is 4. The van der Waals surface area contributed by atoms with Gasteiger partial charge in [-0.2, -0.15) is 15.3 Å². The number of methoxy groups -OCH3 is 1. The highest BCUT2D eigenvalue weighted by Crippen LogP contribution is 2.29. The lowest BCUT2D eigenvalue weighted by Crippen LogP contribution is -2.15. The normalized spacial score (nSPS) is 10.6. The zero-order valence-corrected chi connectivity index (χ0v) is 13.9. The van der Waals surface area contributed by atoms with Gasteiger partial charge in [-0.1, -0.05) is 12.1 Å². The van der Waals surface area contributed by atoms with Gasteiger partial charge in [-0.3, -0.25) is 4.79 Å². The van der Waals surface area contributed by atoms with Gasteiger partial charge in [0.05, 0.1) is 26.0 Å². The van der Waals surface area contributed by atoms with Crippen LogP contribution in [-0.2, 0) is 6.54 Å². The molecule has 128 valence electrons. The maximum Gasteiger partial charge on any atom is 0.254 e. The molecule has 8 nitrogen and oxygen atoms in total. The molecule has 0 spiro atoms. The SMILES string of the molecule is COc1ccc(Cn2nc(-c3cnncc3C)c(C(N)=O)c2N)cc1. The van der Waals surface area contributed by atoms with Gasteiger partial charge in [-0.15, -0.1) is 0 Å². The van der Waals surface area contributed by atoms with Crippen LogP contribution in [0.25, 0.3) is 11.3 Å². The summed E-state index contributed by atoms with van der Waals surface area (Å²) >= 11 is 0. The molecule has 1 amide bonds. The van der Waals surface area contributed by atoms with Crippen molar-refractivity contribution in [2.24, 2.45) is 5.73 Å². The Bertz CT molecular complexity index is 917. The molecule has 0 saturated heterocycles. The highest BCUT2D eigenvalue weighted by atomic mass is 16.5. The number of hydrogen-bond donors (Lipinski definition) is 2. The van der Waals surface area contributed by atoms with E-state index in [0.29, 0.717) is 17.8 Å². The molecule has 1 aromatic carbocycles. The van der Waals surface area contributed by atoms with E-state index in [1.807, 2.05) is 31.2 Å². The molecule has 0 unspecified atom stereocenters. The maximum absolute atomic E-state index is 11.9. The van der Waals surface area contributed by atoms with Crippen molar-refractivity contribution in [2.45, 2.75) is 13.5 Å². The second-order valence-corrected chi connectivity index (χ2v) is 5.56. The Hall–Kier alpha value is -3.42. The summed E-state index contributed by atoms with van der Waals surface area (Å²) in [7, 11) is 1.61. The number of nitrogen functional groups attached to an aromatic ring is 1. The number of amides is 1. The third-order valence-electron chi connectivity index (χ3n) is 3.91. The fourth-order valence-electron chi connectivity index (χ4n) is 2.56. The van der Waals surface area contributed by atoms with E-state index in [1.165, 1.54) is 0 Å². The van der Waals surface area contributed by atoms with Crippen LogP contribution in [0, 0.1) is 6.92 Å². The van der Waals surface area contributed by atoms with Gasteiger partial charge in [0, 0.05) is 5.56 Å². The van der Waals surface area contributed by atoms with E-state index in [9.17, 15) is 4.79 Å². The largest absolute Gasteiger partial charge is 0.497 e. The number of carbonyl (C=O) groups excluding carboxylic acids is 1. The summed E-state index contributed by atoms with van der Waals surface area (Å²) in [6.45, 7) is 2.25. The summed E-state index contributed by atoms with van der Waals surface area (Å²) < 4.78 is 6.70. The number of aryl methyl sites for hydroxylation is 1. The second-order valence-electron chi connectivity index (χ2n) is 5.56. The zero-order valence-electron chi connectivity index (χ0n) is 13.9. The van der Waals surface area contributed by atoms with Crippen LogP contribution in [0.1, 0.15) is 21.5 Å². The lowest BCUT2D eigenvalue weighted by molar-refractivity contribution is 0.100. The van der Waals surface area contributed by atoms with Crippen molar-refractivity contribution < 1.29 is 9.53 Å². The number of primary amides is 1. The molecule has 0 aliphatic carbocycles. The number of benzene rings is 1. The van der Waals surface area contributed by atoms with Crippen molar-refractivity contribution in [3.8, 4) is 17.0 Å². The summed E-state index contributed by atoms with van der Waals surface area (Å²) in [6, 6.07) is 7.51. The minimum absolute atomic E-state index is 0.185. The first kappa shape index (κ1) is 16.4. The molecule has 3 rings (SSSR count). The molecule has 0 atom stereocenters. The van der Waals surface area contributed by atoms with Crippen LogP contribution >= 0.6 is 0 Å². The number of ether oxygens (including phenoxy) is 1. The highest BCUT2D eigenvalue weighted by Gasteiger charge is 2.22. The Labute approximate surface area is 144 Å². The molecule has 2 aromatic heterocycles. The van der Waals surface area contributed by atoms with Crippen LogP contribution in [-0.4, -0.2) is 33.0 Å². The fourth-order valence-corrected chi connectivity index (χ4v) is 2.56. The molecule has 8 heteroatoms. The van der Waals surface area contributed by atoms with Gasteiger partial charge in [0.15, 0.2) is 0 Å². The first-order valence-electron chi connectivity index (χ1n) is 7.58. The van der Waals surface area contributed by atoms with Crippen LogP contribution in [0.4, 0.5) is 5.82 Å². The monoisotopic (exact) mass is 338 g/mol. The average Bonchev–Trinajstić information content (AvgIpc) is 2.92. The molecule has 0 fully saturated rings. The van der Waals surface area contributed by atoms with Gasteiger partial charge in [-0.25, -0.2) is 4.68 Å². The summed E-state index contributed by atoms with van der Waals surface area (Å²) in [6.07, 6.45) is 3.14. The Morgan fingerprint density at radius 3 is 2.48 bits per heavy atom. The van der Waals surface area contributed by atoms with E-state index in [-0.39, 0.29) is 11.4 Å². The number of hydrogen-bond acceptors (Lipinski definition) is 6. The molecule has 0 radical (unpaired) electrons. The minimum atomic E-state index is -0.635. The fraction of sp³-hybridized carbons (Fsp3) is 0.176. The average molecular weight is 338 g/mol. The van der Waals surface area contributed by atoms with Gasteiger partial charge in [-0.05, 0) is 30.2 Å². The van der Waals surface area contributed by atoms with Crippen molar-refractivity contribution in [3.05, 3.63) is 53.3 Å². The molecule has 0 bridgehead atoms. The van der Waals surface area contributed by atoms with Crippen molar-refractivity contribution in [1.29, 1.82) is 0 Å². The van der Waals surface area contributed by atoms with Crippen LogP contribution in [0.5, 0.6) is 5.75 Å². The minimum Gasteiger partial charge on any atom is -0.497 e. The third-order valence-corrected chi connectivity index (χ3v) is 3.91. The number of aromatic nitrogens is 4. The van der Waals surface area contributed by atoms with Gasteiger partial charge in [0.2, 0.25) is 0 Å². The smallest absolute Gasteiger partial charge is 0.254 e. The van der Waals surface area contributed by atoms with Crippen LogP contribution in [0.15, 0.2) is 36.7 Å². The molecule has 0 saturated carbocycles. The molecular weight excluding hydrogens is 320 g/mol. The molecule has 3 aromatic rings. The molecule has 0 aliphatic rings. The predicted molar refractivity (Wildman–Crippen MR) is 93.0 cm³/mol. The van der Waals surface area contributed by atoms with Crippen molar-refractivity contribution in [3.63, 3.8) is 0 Å². The Balaban J connectivity index is 2.05. The number of anilines is 1. The van der Waals surface area contributed by atoms with Crippen LogP contribution in [0.2, 0.25) is 0 Å². The summed E-state index contributed by atoms with van der Waals surface area (Å²) in [5.74, 6) is 0.341.